The topological polar surface area (TPSA) is 53.2 Å². The number of carbonyl (C=O) groups is 1. The molecule has 0 aromatic heterocycles. The van der Waals surface area contributed by atoms with E-state index in [0.717, 1.165) is 15.7 Å². The van der Waals surface area contributed by atoms with E-state index in [1.54, 1.807) is 0 Å². The number of hydrazine groups is 1. The number of carbonyl (C=O) groups excluding carboxylic acids is 1. The lowest BCUT2D eigenvalue weighted by Crippen LogP contribution is -2.31. The molecule has 0 bridgehead atoms. The first kappa shape index (κ1) is 16.5. The van der Waals surface area contributed by atoms with Gasteiger partial charge in [0.1, 0.15) is 0 Å². The lowest BCUT2D eigenvalue weighted by Gasteiger charge is -2.14. The highest BCUT2D eigenvalue weighted by atomic mass is 79.9. The average molecular weight is 362 g/mol. The second kappa shape index (κ2) is 7.96. The van der Waals surface area contributed by atoms with Crippen molar-refractivity contribution in [3.8, 4) is 0 Å². The smallest absolute Gasteiger partial charge is 0.251 e. The third-order valence-corrected chi connectivity index (χ3v) is 3.75. The van der Waals surface area contributed by atoms with Crippen LogP contribution in [-0.2, 0) is 6.54 Å². The van der Waals surface area contributed by atoms with Gasteiger partial charge in [0.15, 0.2) is 0 Å². The SMILES string of the molecule is CC(C)NC(=O)c1ccccc1CNNc1ccccc1Br. The van der Waals surface area contributed by atoms with E-state index < -0.39 is 0 Å². The number of benzene rings is 2. The Morgan fingerprint density at radius 3 is 2.50 bits per heavy atom. The number of hydrogen-bond donors (Lipinski definition) is 3. The lowest BCUT2D eigenvalue weighted by atomic mass is 10.1. The van der Waals surface area contributed by atoms with Gasteiger partial charge >= 0.3 is 0 Å². The van der Waals surface area contributed by atoms with Crippen molar-refractivity contribution in [2.24, 2.45) is 0 Å². The van der Waals surface area contributed by atoms with Gasteiger partial charge in [-0.25, -0.2) is 5.43 Å². The van der Waals surface area contributed by atoms with Crippen molar-refractivity contribution in [2.75, 3.05) is 5.43 Å². The summed E-state index contributed by atoms with van der Waals surface area (Å²) in [5.41, 5.74) is 8.87. The third kappa shape index (κ3) is 4.58. The van der Waals surface area contributed by atoms with Crippen molar-refractivity contribution in [1.29, 1.82) is 0 Å². The Labute approximate surface area is 139 Å². The molecule has 2 rings (SSSR count). The van der Waals surface area contributed by atoms with E-state index in [1.165, 1.54) is 0 Å². The molecule has 0 unspecified atom stereocenters. The molecule has 3 N–H and O–H groups in total. The van der Waals surface area contributed by atoms with Crippen molar-refractivity contribution in [2.45, 2.75) is 26.4 Å². The molecule has 0 radical (unpaired) electrons. The van der Waals surface area contributed by atoms with Crippen LogP contribution < -0.4 is 16.2 Å². The number of nitrogens with one attached hydrogen (secondary N) is 3. The third-order valence-electron chi connectivity index (χ3n) is 3.06. The number of amides is 1. The van der Waals surface area contributed by atoms with Gasteiger partial charge in [-0.05, 0) is 53.5 Å². The molecular weight excluding hydrogens is 342 g/mol. The number of para-hydroxylation sites is 1. The van der Waals surface area contributed by atoms with Gasteiger partial charge in [-0.3, -0.25) is 4.79 Å². The lowest BCUT2D eigenvalue weighted by molar-refractivity contribution is 0.0942. The fourth-order valence-electron chi connectivity index (χ4n) is 2.03. The van der Waals surface area contributed by atoms with Crippen LogP contribution in [0, 0.1) is 0 Å². The van der Waals surface area contributed by atoms with E-state index in [0.29, 0.717) is 12.1 Å². The fourth-order valence-corrected chi connectivity index (χ4v) is 2.42. The number of rotatable bonds is 6. The van der Waals surface area contributed by atoms with Crippen molar-refractivity contribution in [1.82, 2.24) is 10.7 Å². The predicted octanol–water partition coefficient (Wildman–Crippen LogP) is 3.70. The molecule has 0 aliphatic heterocycles. The van der Waals surface area contributed by atoms with Crippen LogP contribution in [-0.4, -0.2) is 11.9 Å². The monoisotopic (exact) mass is 361 g/mol. The minimum Gasteiger partial charge on any atom is -0.350 e. The van der Waals surface area contributed by atoms with E-state index in [4.69, 9.17) is 0 Å². The highest BCUT2D eigenvalue weighted by Gasteiger charge is 2.11. The standard InChI is InChI=1S/C17H20BrN3O/c1-12(2)20-17(22)14-8-4-3-7-13(14)11-19-21-16-10-6-5-9-15(16)18/h3-10,12,19,21H,11H2,1-2H3,(H,20,22). The molecule has 0 fully saturated rings. The van der Waals surface area contributed by atoms with Crippen LogP contribution >= 0.6 is 15.9 Å². The van der Waals surface area contributed by atoms with Crippen LogP contribution in [0.5, 0.6) is 0 Å². The first-order chi connectivity index (χ1) is 10.6. The van der Waals surface area contributed by atoms with Gasteiger partial charge in [0.25, 0.3) is 5.91 Å². The van der Waals surface area contributed by atoms with E-state index in [-0.39, 0.29) is 11.9 Å². The highest BCUT2D eigenvalue weighted by molar-refractivity contribution is 9.10. The van der Waals surface area contributed by atoms with E-state index in [1.807, 2.05) is 62.4 Å². The molecule has 2 aromatic rings. The van der Waals surface area contributed by atoms with Gasteiger partial charge in [-0.2, -0.15) is 0 Å². The molecule has 0 aliphatic rings. The summed E-state index contributed by atoms with van der Waals surface area (Å²) in [7, 11) is 0. The molecule has 22 heavy (non-hydrogen) atoms. The maximum atomic E-state index is 12.2. The van der Waals surface area contributed by atoms with Crippen molar-refractivity contribution in [3.63, 3.8) is 0 Å². The molecular formula is C17H20BrN3O. The zero-order chi connectivity index (χ0) is 15.9. The molecule has 5 heteroatoms. The van der Waals surface area contributed by atoms with Crippen LogP contribution in [0.25, 0.3) is 0 Å². The zero-order valence-electron chi connectivity index (χ0n) is 12.7. The largest absolute Gasteiger partial charge is 0.350 e. The summed E-state index contributed by atoms with van der Waals surface area (Å²) >= 11 is 3.48. The van der Waals surface area contributed by atoms with Crippen LogP contribution in [0.1, 0.15) is 29.8 Å². The van der Waals surface area contributed by atoms with E-state index in [2.05, 4.69) is 32.1 Å². The minimum atomic E-state index is -0.0479. The summed E-state index contributed by atoms with van der Waals surface area (Å²) in [6.07, 6.45) is 0. The van der Waals surface area contributed by atoms with Gasteiger partial charge in [-0.1, -0.05) is 30.3 Å². The van der Waals surface area contributed by atoms with Crippen molar-refractivity contribution in [3.05, 3.63) is 64.1 Å². The summed E-state index contributed by atoms with van der Waals surface area (Å²) in [6.45, 7) is 4.45. The second-order valence-electron chi connectivity index (χ2n) is 5.24. The molecule has 1 amide bonds. The summed E-state index contributed by atoms with van der Waals surface area (Å²) in [6, 6.07) is 15.6. The average Bonchev–Trinajstić information content (AvgIpc) is 2.49. The van der Waals surface area contributed by atoms with Crippen LogP contribution in [0.3, 0.4) is 0 Å². The molecule has 0 heterocycles. The van der Waals surface area contributed by atoms with Crippen molar-refractivity contribution >= 4 is 27.5 Å². The quantitative estimate of drug-likeness (QED) is 0.687. The maximum Gasteiger partial charge on any atom is 0.251 e. The fraction of sp³-hybridized carbons (Fsp3) is 0.235. The Morgan fingerprint density at radius 2 is 1.77 bits per heavy atom. The van der Waals surface area contributed by atoms with Gasteiger partial charge in [-0.15, -0.1) is 0 Å². The Morgan fingerprint density at radius 1 is 1.09 bits per heavy atom. The number of halogens is 1. The highest BCUT2D eigenvalue weighted by Crippen LogP contribution is 2.20. The van der Waals surface area contributed by atoms with Crippen molar-refractivity contribution < 1.29 is 4.79 Å². The van der Waals surface area contributed by atoms with Gasteiger partial charge in [0.05, 0.1) is 5.69 Å². The maximum absolute atomic E-state index is 12.2. The van der Waals surface area contributed by atoms with E-state index in [9.17, 15) is 4.79 Å². The summed E-state index contributed by atoms with van der Waals surface area (Å²) in [5.74, 6) is -0.0479. The predicted molar refractivity (Wildman–Crippen MR) is 93.6 cm³/mol. The Hall–Kier alpha value is -1.85. The number of hydrogen-bond acceptors (Lipinski definition) is 3. The molecule has 0 aliphatic carbocycles. The van der Waals surface area contributed by atoms with E-state index >= 15 is 0 Å². The summed E-state index contributed by atoms with van der Waals surface area (Å²) in [4.78, 5) is 12.2. The first-order valence-corrected chi connectivity index (χ1v) is 7.99. The molecule has 0 saturated heterocycles. The first-order valence-electron chi connectivity index (χ1n) is 7.20. The summed E-state index contributed by atoms with van der Waals surface area (Å²) < 4.78 is 0.980. The molecule has 0 spiro atoms. The molecule has 116 valence electrons. The van der Waals surface area contributed by atoms with Gasteiger partial charge < -0.3 is 10.7 Å². The summed E-state index contributed by atoms with van der Waals surface area (Å²) in [5, 5.41) is 2.92. The molecule has 4 nitrogen and oxygen atoms in total. The Kier molecular flexibility index (Phi) is 5.98. The molecule has 0 atom stereocenters. The zero-order valence-corrected chi connectivity index (χ0v) is 14.3. The molecule has 2 aromatic carbocycles. The number of anilines is 1. The second-order valence-corrected chi connectivity index (χ2v) is 6.10. The Bertz CT molecular complexity index is 643. The van der Waals surface area contributed by atoms with Gasteiger partial charge in [0.2, 0.25) is 0 Å². The van der Waals surface area contributed by atoms with Crippen LogP contribution in [0.4, 0.5) is 5.69 Å². The van der Waals surface area contributed by atoms with Crippen LogP contribution in [0.15, 0.2) is 53.0 Å². The Balaban J connectivity index is 2.01. The molecule has 0 saturated carbocycles. The minimum absolute atomic E-state index is 0.0479. The van der Waals surface area contributed by atoms with Crippen LogP contribution in [0.2, 0.25) is 0 Å². The normalized spacial score (nSPS) is 10.5. The van der Waals surface area contributed by atoms with Gasteiger partial charge in [0, 0.05) is 22.6 Å².